The molecule has 1 fully saturated rings. The fourth-order valence-electron chi connectivity index (χ4n) is 2.50. The molecule has 126 valence electrons. The van der Waals surface area contributed by atoms with Crippen LogP contribution >= 0.6 is 0 Å². The van der Waals surface area contributed by atoms with Crippen LogP contribution in [0.2, 0.25) is 0 Å². The molecule has 0 aliphatic carbocycles. The van der Waals surface area contributed by atoms with Gasteiger partial charge in [0.05, 0.1) is 5.56 Å². The maximum atomic E-state index is 12.0. The van der Waals surface area contributed by atoms with Gasteiger partial charge in [-0.3, -0.25) is 9.59 Å². The van der Waals surface area contributed by atoms with Crippen molar-refractivity contribution in [3.8, 4) is 0 Å². The summed E-state index contributed by atoms with van der Waals surface area (Å²) in [4.78, 5) is 35.7. The van der Waals surface area contributed by atoms with Crippen molar-refractivity contribution < 1.29 is 9.59 Å². The first-order valence-corrected chi connectivity index (χ1v) is 8.22. The number of rotatable bonds is 6. The van der Waals surface area contributed by atoms with Crippen molar-refractivity contribution in [2.75, 3.05) is 37.6 Å². The third kappa shape index (κ3) is 4.91. The Hall–Kier alpha value is -2.18. The van der Waals surface area contributed by atoms with Gasteiger partial charge in [0.15, 0.2) is 0 Å². The molecule has 0 aromatic carbocycles. The van der Waals surface area contributed by atoms with Gasteiger partial charge in [0.2, 0.25) is 11.9 Å². The van der Waals surface area contributed by atoms with Gasteiger partial charge in [-0.05, 0) is 6.42 Å². The maximum Gasteiger partial charge on any atom is 0.254 e. The standard InChI is InChI=1S/C16H25N5O2/c1-3-4-5-6-17-15(23)14-11-18-16(19-12-14)21-9-7-20(8-10-21)13(2)22/h11-12H,3-10H2,1-2H3,(H,17,23). The van der Waals surface area contributed by atoms with Crippen molar-refractivity contribution in [1.29, 1.82) is 0 Å². The highest BCUT2D eigenvalue weighted by Gasteiger charge is 2.20. The smallest absolute Gasteiger partial charge is 0.254 e. The lowest BCUT2D eigenvalue weighted by Crippen LogP contribution is -2.48. The van der Waals surface area contributed by atoms with Gasteiger partial charge in [0.25, 0.3) is 5.91 Å². The minimum absolute atomic E-state index is 0.0978. The molecule has 1 aliphatic heterocycles. The molecule has 0 bridgehead atoms. The molecule has 0 atom stereocenters. The van der Waals surface area contributed by atoms with Crippen LogP contribution in [0.25, 0.3) is 0 Å². The SMILES string of the molecule is CCCCCNC(=O)c1cnc(N2CCN(C(C)=O)CC2)nc1. The fraction of sp³-hybridized carbons (Fsp3) is 0.625. The number of anilines is 1. The van der Waals surface area contributed by atoms with Crippen LogP contribution in [-0.2, 0) is 4.79 Å². The van der Waals surface area contributed by atoms with Gasteiger partial charge in [0, 0.05) is 52.0 Å². The number of aromatic nitrogens is 2. The topological polar surface area (TPSA) is 78.4 Å². The summed E-state index contributed by atoms with van der Waals surface area (Å²) < 4.78 is 0. The minimum Gasteiger partial charge on any atom is -0.352 e. The summed E-state index contributed by atoms with van der Waals surface area (Å²) in [7, 11) is 0. The molecule has 1 N–H and O–H groups in total. The lowest BCUT2D eigenvalue weighted by atomic mass is 10.2. The Kier molecular flexibility index (Phi) is 6.31. The molecular weight excluding hydrogens is 294 g/mol. The molecule has 7 heteroatoms. The maximum absolute atomic E-state index is 12.0. The van der Waals surface area contributed by atoms with E-state index in [1.165, 1.54) is 0 Å². The lowest BCUT2D eigenvalue weighted by Gasteiger charge is -2.34. The summed E-state index contributed by atoms with van der Waals surface area (Å²) >= 11 is 0. The fourth-order valence-corrected chi connectivity index (χ4v) is 2.50. The molecule has 2 amide bonds. The monoisotopic (exact) mass is 319 g/mol. The Morgan fingerprint density at radius 2 is 1.78 bits per heavy atom. The molecule has 0 unspecified atom stereocenters. The highest BCUT2D eigenvalue weighted by atomic mass is 16.2. The number of carbonyl (C=O) groups excluding carboxylic acids is 2. The molecule has 1 aromatic rings. The number of hydrogen-bond acceptors (Lipinski definition) is 5. The van der Waals surface area contributed by atoms with Gasteiger partial charge < -0.3 is 15.1 Å². The van der Waals surface area contributed by atoms with Crippen LogP contribution < -0.4 is 10.2 Å². The first-order chi connectivity index (χ1) is 11.1. The van der Waals surface area contributed by atoms with E-state index in [2.05, 4.69) is 22.2 Å². The van der Waals surface area contributed by atoms with Gasteiger partial charge in [-0.1, -0.05) is 19.8 Å². The molecule has 1 aromatic heterocycles. The van der Waals surface area contributed by atoms with E-state index in [1.807, 2.05) is 9.80 Å². The number of amides is 2. The first-order valence-electron chi connectivity index (χ1n) is 8.22. The molecule has 0 spiro atoms. The van der Waals surface area contributed by atoms with Gasteiger partial charge in [-0.25, -0.2) is 9.97 Å². The Labute approximate surface area is 137 Å². The molecular formula is C16H25N5O2. The quantitative estimate of drug-likeness (QED) is 0.793. The third-order valence-corrected chi connectivity index (χ3v) is 3.97. The summed E-state index contributed by atoms with van der Waals surface area (Å²) in [5.41, 5.74) is 0.479. The van der Waals surface area contributed by atoms with Crippen LogP contribution in [0.4, 0.5) is 5.95 Å². The molecule has 0 saturated carbocycles. The van der Waals surface area contributed by atoms with Crippen LogP contribution in [0.3, 0.4) is 0 Å². The zero-order valence-electron chi connectivity index (χ0n) is 13.9. The van der Waals surface area contributed by atoms with Crippen molar-refractivity contribution in [2.24, 2.45) is 0 Å². The summed E-state index contributed by atoms with van der Waals surface area (Å²) in [5, 5.41) is 2.87. The average Bonchev–Trinajstić information content (AvgIpc) is 2.59. The second-order valence-corrected chi connectivity index (χ2v) is 5.73. The highest BCUT2D eigenvalue weighted by Crippen LogP contribution is 2.11. The molecule has 2 heterocycles. The molecule has 7 nitrogen and oxygen atoms in total. The summed E-state index contributed by atoms with van der Waals surface area (Å²) in [6, 6.07) is 0. The largest absolute Gasteiger partial charge is 0.352 e. The van der Waals surface area contributed by atoms with E-state index in [4.69, 9.17) is 0 Å². The highest BCUT2D eigenvalue weighted by molar-refractivity contribution is 5.93. The van der Waals surface area contributed by atoms with Gasteiger partial charge >= 0.3 is 0 Å². The van der Waals surface area contributed by atoms with Crippen molar-refractivity contribution >= 4 is 17.8 Å². The van der Waals surface area contributed by atoms with Crippen molar-refractivity contribution in [2.45, 2.75) is 33.1 Å². The molecule has 0 radical (unpaired) electrons. The Balaban J connectivity index is 1.85. The second-order valence-electron chi connectivity index (χ2n) is 5.73. The van der Waals surface area contributed by atoms with Crippen LogP contribution in [-0.4, -0.2) is 59.4 Å². The minimum atomic E-state index is -0.131. The van der Waals surface area contributed by atoms with E-state index < -0.39 is 0 Å². The third-order valence-electron chi connectivity index (χ3n) is 3.97. The van der Waals surface area contributed by atoms with Crippen LogP contribution in [0.15, 0.2) is 12.4 Å². The lowest BCUT2D eigenvalue weighted by molar-refractivity contribution is -0.129. The van der Waals surface area contributed by atoms with Crippen molar-refractivity contribution in [3.05, 3.63) is 18.0 Å². The van der Waals surface area contributed by atoms with Crippen molar-refractivity contribution in [3.63, 3.8) is 0 Å². The van der Waals surface area contributed by atoms with Crippen LogP contribution in [0.5, 0.6) is 0 Å². The molecule has 1 saturated heterocycles. The van der Waals surface area contributed by atoms with E-state index >= 15 is 0 Å². The van der Waals surface area contributed by atoms with E-state index in [9.17, 15) is 9.59 Å². The number of nitrogens with zero attached hydrogens (tertiary/aromatic N) is 4. The Morgan fingerprint density at radius 1 is 1.13 bits per heavy atom. The van der Waals surface area contributed by atoms with Crippen LogP contribution in [0.1, 0.15) is 43.5 Å². The van der Waals surface area contributed by atoms with Gasteiger partial charge in [-0.2, -0.15) is 0 Å². The Morgan fingerprint density at radius 3 is 2.35 bits per heavy atom. The average molecular weight is 319 g/mol. The number of carbonyl (C=O) groups is 2. The van der Waals surface area contributed by atoms with Crippen LogP contribution in [0, 0.1) is 0 Å². The second kappa shape index (κ2) is 8.45. The predicted octanol–water partition coefficient (Wildman–Crippen LogP) is 1.07. The summed E-state index contributed by atoms with van der Waals surface area (Å²) in [6.45, 7) is 7.17. The number of unbranched alkanes of at least 4 members (excludes halogenated alkanes) is 2. The van der Waals surface area contributed by atoms with Crippen molar-refractivity contribution in [1.82, 2.24) is 20.2 Å². The van der Waals surface area contributed by atoms with E-state index in [0.717, 1.165) is 19.3 Å². The number of piperazine rings is 1. The summed E-state index contributed by atoms with van der Waals surface area (Å²) in [6.07, 6.45) is 6.36. The van der Waals surface area contributed by atoms with Gasteiger partial charge in [0.1, 0.15) is 0 Å². The van der Waals surface area contributed by atoms with E-state index in [-0.39, 0.29) is 11.8 Å². The summed E-state index contributed by atoms with van der Waals surface area (Å²) in [5.74, 6) is 0.574. The number of nitrogens with one attached hydrogen (secondary N) is 1. The Bertz CT molecular complexity index is 524. The van der Waals surface area contributed by atoms with Gasteiger partial charge in [-0.15, -0.1) is 0 Å². The normalized spacial score (nSPS) is 14.7. The zero-order valence-corrected chi connectivity index (χ0v) is 13.9. The zero-order chi connectivity index (χ0) is 16.7. The molecule has 23 heavy (non-hydrogen) atoms. The predicted molar refractivity (Wildman–Crippen MR) is 88.4 cm³/mol. The van der Waals surface area contributed by atoms with E-state index in [0.29, 0.717) is 44.2 Å². The first kappa shape index (κ1) is 17.2. The molecule has 1 aliphatic rings. The van der Waals surface area contributed by atoms with E-state index in [1.54, 1.807) is 19.3 Å². The number of hydrogen-bond donors (Lipinski definition) is 1. The molecule has 2 rings (SSSR count).